The minimum absolute atomic E-state index is 0.112. The highest BCUT2D eigenvalue weighted by atomic mass is 16.5. The quantitative estimate of drug-likeness (QED) is 0.452. The van der Waals surface area contributed by atoms with Crippen molar-refractivity contribution in [2.24, 2.45) is 0 Å². The zero-order chi connectivity index (χ0) is 17.5. The van der Waals surface area contributed by atoms with Gasteiger partial charge in [0.15, 0.2) is 0 Å². The van der Waals surface area contributed by atoms with Gasteiger partial charge in [0.25, 0.3) is 0 Å². The van der Waals surface area contributed by atoms with E-state index in [0.29, 0.717) is 29.7 Å². The summed E-state index contributed by atoms with van der Waals surface area (Å²) in [5.41, 5.74) is 1.37. The van der Waals surface area contributed by atoms with Crippen molar-refractivity contribution in [1.29, 1.82) is 0 Å². The summed E-state index contributed by atoms with van der Waals surface area (Å²) in [6.07, 6.45) is 6.45. The molecule has 0 saturated heterocycles. The number of hydrogen-bond acceptors (Lipinski definition) is 5. The lowest BCUT2D eigenvalue weighted by Crippen LogP contribution is -2.34. The first-order valence-electron chi connectivity index (χ1n) is 7.46. The van der Waals surface area contributed by atoms with Crippen LogP contribution in [0.25, 0.3) is 6.08 Å². The van der Waals surface area contributed by atoms with E-state index >= 15 is 0 Å². The third-order valence-corrected chi connectivity index (χ3v) is 3.64. The van der Waals surface area contributed by atoms with Gasteiger partial charge in [-0.25, -0.2) is 4.79 Å². The van der Waals surface area contributed by atoms with E-state index in [1.165, 1.54) is 20.3 Å². The molecule has 1 aliphatic heterocycles. The average Bonchev–Trinajstić information content (AvgIpc) is 2.62. The Morgan fingerprint density at radius 3 is 2.75 bits per heavy atom. The van der Waals surface area contributed by atoms with Crippen LogP contribution in [0, 0.1) is 0 Å². The molecule has 1 aromatic carbocycles. The van der Waals surface area contributed by atoms with E-state index in [0.717, 1.165) is 6.42 Å². The maximum absolute atomic E-state index is 11.8. The number of amides is 1. The fourth-order valence-electron chi connectivity index (χ4n) is 2.42. The summed E-state index contributed by atoms with van der Waals surface area (Å²) in [5.74, 6) is -0.243. The Labute approximate surface area is 140 Å². The molecule has 6 nitrogen and oxygen atoms in total. The minimum atomic E-state index is -0.522. The molecular weight excluding hydrogens is 310 g/mol. The van der Waals surface area contributed by atoms with Crippen molar-refractivity contribution in [2.45, 2.75) is 6.42 Å². The van der Waals surface area contributed by atoms with E-state index in [4.69, 9.17) is 9.47 Å². The fraction of sp³-hybridized carbons (Fsp3) is 0.278. The number of rotatable bonds is 6. The topological polar surface area (TPSA) is 72.9 Å². The third kappa shape index (κ3) is 4.10. The summed E-state index contributed by atoms with van der Waals surface area (Å²) in [7, 11) is 2.75. The van der Waals surface area contributed by atoms with E-state index in [1.54, 1.807) is 29.2 Å². The van der Waals surface area contributed by atoms with Crippen LogP contribution in [0.3, 0.4) is 0 Å². The molecule has 24 heavy (non-hydrogen) atoms. The predicted octanol–water partition coefficient (Wildman–Crippen LogP) is 1.85. The van der Waals surface area contributed by atoms with E-state index in [2.05, 4.69) is 0 Å². The molecule has 0 N–H and O–H groups in total. The van der Waals surface area contributed by atoms with Gasteiger partial charge in [-0.05, 0) is 36.3 Å². The highest BCUT2D eigenvalue weighted by Crippen LogP contribution is 2.22. The Morgan fingerprint density at radius 1 is 1.33 bits per heavy atom. The zero-order valence-electron chi connectivity index (χ0n) is 13.7. The maximum Gasteiger partial charge on any atom is 0.341 e. The molecule has 0 aliphatic carbocycles. The van der Waals surface area contributed by atoms with E-state index in [-0.39, 0.29) is 18.0 Å². The van der Waals surface area contributed by atoms with Crippen molar-refractivity contribution < 1.29 is 23.9 Å². The van der Waals surface area contributed by atoms with Crippen molar-refractivity contribution in [3.63, 3.8) is 0 Å². The predicted molar refractivity (Wildman–Crippen MR) is 88.7 cm³/mol. The van der Waals surface area contributed by atoms with Gasteiger partial charge in [-0.1, -0.05) is 12.1 Å². The Balaban J connectivity index is 2.27. The summed E-state index contributed by atoms with van der Waals surface area (Å²) in [5, 5.41) is 0. The summed E-state index contributed by atoms with van der Waals surface area (Å²) in [4.78, 5) is 36.5. The number of carbonyl (C=O) groups excluding carboxylic acids is 3. The van der Waals surface area contributed by atoms with Crippen LogP contribution in [0.2, 0.25) is 0 Å². The van der Waals surface area contributed by atoms with Crippen molar-refractivity contribution in [3.8, 4) is 5.75 Å². The molecular formula is C18H19NO5. The maximum atomic E-state index is 11.8. The van der Waals surface area contributed by atoms with Gasteiger partial charge in [0, 0.05) is 18.7 Å². The van der Waals surface area contributed by atoms with Gasteiger partial charge >= 0.3 is 5.97 Å². The molecule has 0 atom stereocenters. The van der Waals surface area contributed by atoms with Gasteiger partial charge in [0.2, 0.25) is 5.91 Å². The SMILES string of the molecule is COC(=O)c1cc(/C=C(\C=O)CN2CCC=CC2=O)ccc1OC. The molecule has 0 unspecified atom stereocenters. The van der Waals surface area contributed by atoms with Crippen LogP contribution >= 0.6 is 0 Å². The van der Waals surface area contributed by atoms with Crippen LogP contribution in [-0.2, 0) is 14.3 Å². The second-order valence-electron chi connectivity index (χ2n) is 5.24. The van der Waals surface area contributed by atoms with Gasteiger partial charge in [0.05, 0.1) is 14.2 Å². The molecule has 0 saturated carbocycles. The first-order valence-corrected chi connectivity index (χ1v) is 7.46. The van der Waals surface area contributed by atoms with Crippen molar-refractivity contribution in [3.05, 3.63) is 47.1 Å². The standard InChI is InChI=1S/C18H19NO5/c1-23-16-7-6-13(10-15(16)18(22)24-2)9-14(12-20)11-19-8-4-3-5-17(19)21/h3,5-7,9-10,12H,4,8,11H2,1-2H3/b14-9-. The van der Waals surface area contributed by atoms with E-state index in [1.807, 2.05) is 6.08 Å². The Kier molecular flexibility index (Phi) is 5.89. The van der Waals surface area contributed by atoms with Crippen LogP contribution in [0.4, 0.5) is 0 Å². The zero-order valence-corrected chi connectivity index (χ0v) is 13.7. The Hall–Kier alpha value is -2.89. The monoisotopic (exact) mass is 329 g/mol. The fourth-order valence-corrected chi connectivity index (χ4v) is 2.42. The number of aldehydes is 1. The molecule has 6 heteroatoms. The minimum Gasteiger partial charge on any atom is -0.496 e. The molecule has 1 aromatic rings. The van der Waals surface area contributed by atoms with Crippen LogP contribution in [0.1, 0.15) is 22.3 Å². The summed E-state index contributed by atoms with van der Waals surface area (Å²) in [6.45, 7) is 0.808. The number of benzene rings is 1. The highest BCUT2D eigenvalue weighted by Gasteiger charge is 2.16. The van der Waals surface area contributed by atoms with E-state index in [9.17, 15) is 14.4 Å². The molecule has 0 radical (unpaired) electrons. The van der Waals surface area contributed by atoms with Gasteiger partial charge < -0.3 is 14.4 Å². The lowest BCUT2D eigenvalue weighted by atomic mass is 10.1. The number of methoxy groups -OCH3 is 2. The normalized spacial score (nSPS) is 14.5. The van der Waals surface area contributed by atoms with Crippen LogP contribution in [0.5, 0.6) is 5.75 Å². The van der Waals surface area contributed by atoms with Crippen molar-refractivity contribution >= 4 is 24.2 Å². The van der Waals surface area contributed by atoms with Gasteiger partial charge in [0.1, 0.15) is 17.6 Å². The van der Waals surface area contributed by atoms with Crippen LogP contribution in [0.15, 0.2) is 35.9 Å². The second kappa shape index (κ2) is 8.10. The first-order chi connectivity index (χ1) is 11.6. The smallest absolute Gasteiger partial charge is 0.341 e. The molecule has 1 heterocycles. The van der Waals surface area contributed by atoms with Crippen molar-refractivity contribution in [2.75, 3.05) is 27.3 Å². The molecule has 0 spiro atoms. The largest absolute Gasteiger partial charge is 0.496 e. The lowest BCUT2D eigenvalue weighted by Gasteiger charge is -2.23. The molecule has 0 bridgehead atoms. The first kappa shape index (κ1) is 17.5. The lowest BCUT2D eigenvalue weighted by molar-refractivity contribution is -0.126. The highest BCUT2D eigenvalue weighted by molar-refractivity contribution is 5.94. The van der Waals surface area contributed by atoms with Gasteiger partial charge in [-0.2, -0.15) is 0 Å². The summed E-state index contributed by atoms with van der Waals surface area (Å²) >= 11 is 0. The average molecular weight is 329 g/mol. The molecule has 1 aliphatic rings. The number of ether oxygens (including phenoxy) is 2. The molecule has 126 valence electrons. The molecule has 0 fully saturated rings. The van der Waals surface area contributed by atoms with Crippen molar-refractivity contribution in [1.82, 2.24) is 4.90 Å². The van der Waals surface area contributed by atoms with Gasteiger partial charge in [-0.3, -0.25) is 9.59 Å². The Bertz CT molecular complexity index is 705. The number of carbonyl (C=O) groups is 3. The third-order valence-electron chi connectivity index (χ3n) is 3.64. The Morgan fingerprint density at radius 2 is 2.12 bits per heavy atom. The van der Waals surface area contributed by atoms with Crippen LogP contribution < -0.4 is 4.74 Å². The summed E-state index contributed by atoms with van der Waals surface area (Å²) in [6, 6.07) is 4.95. The molecule has 1 amide bonds. The molecule has 0 aromatic heterocycles. The number of hydrogen-bond donors (Lipinski definition) is 0. The second-order valence-corrected chi connectivity index (χ2v) is 5.24. The number of esters is 1. The summed E-state index contributed by atoms with van der Waals surface area (Å²) < 4.78 is 9.87. The van der Waals surface area contributed by atoms with Gasteiger partial charge in [-0.15, -0.1) is 0 Å². The number of nitrogens with zero attached hydrogens (tertiary/aromatic N) is 1. The van der Waals surface area contributed by atoms with Crippen LogP contribution in [-0.4, -0.2) is 50.4 Å². The molecule has 2 rings (SSSR count). The van der Waals surface area contributed by atoms with E-state index < -0.39 is 5.97 Å².